The largest absolute Gasteiger partial charge is 0.0620 e. The van der Waals surface area contributed by atoms with Gasteiger partial charge in [-0.25, -0.2) is 0 Å². The predicted molar refractivity (Wildman–Crippen MR) is 81.1 cm³/mol. The minimum Gasteiger partial charge on any atom is -0.0620 e. The lowest BCUT2D eigenvalue weighted by Gasteiger charge is -1.98. The predicted octanol–water partition coefficient (Wildman–Crippen LogP) is 5.11. The number of hydrogen-bond donors (Lipinski definition) is 0. The average Bonchev–Trinajstić information content (AvgIpc) is 2.41. The highest BCUT2D eigenvalue weighted by molar-refractivity contribution is 5.25. The summed E-state index contributed by atoms with van der Waals surface area (Å²) in [5, 5.41) is 0. The van der Waals surface area contributed by atoms with Crippen LogP contribution < -0.4 is 0 Å². The van der Waals surface area contributed by atoms with Gasteiger partial charge in [0, 0.05) is 0 Å². The van der Waals surface area contributed by atoms with E-state index in [0.717, 1.165) is 12.8 Å². The van der Waals surface area contributed by atoms with Gasteiger partial charge in [-0.2, -0.15) is 0 Å². The highest BCUT2D eigenvalue weighted by Gasteiger charge is 1.89. The SMILES string of the molecule is CCc1ccc(C)cc1.CCc1ccccc1C. The third-order valence-electron chi connectivity index (χ3n) is 3.17. The molecule has 0 aliphatic heterocycles. The molecule has 2 aromatic rings. The Bertz CT molecular complexity index is 452. The molecule has 0 spiro atoms. The number of benzene rings is 2. The molecule has 0 atom stereocenters. The van der Waals surface area contributed by atoms with Crippen molar-refractivity contribution in [2.24, 2.45) is 0 Å². The summed E-state index contributed by atoms with van der Waals surface area (Å²) in [7, 11) is 0. The summed E-state index contributed by atoms with van der Waals surface area (Å²) in [6, 6.07) is 17.1. The summed E-state index contributed by atoms with van der Waals surface area (Å²) in [6.07, 6.45) is 2.28. The molecule has 0 radical (unpaired) electrons. The van der Waals surface area contributed by atoms with Crippen LogP contribution in [0.15, 0.2) is 48.5 Å². The summed E-state index contributed by atoms with van der Waals surface area (Å²) in [6.45, 7) is 8.62. The van der Waals surface area contributed by atoms with Gasteiger partial charge in [0.25, 0.3) is 0 Å². The van der Waals surface area contributed by atoms with Gasteiger partial charge in [-0.3, -0.25) is 0 Å². The van der Waals surface area contributed by atoms with Crippen LogP contribution >= 0.6 is 0 Å². The summed E-state index contributed by atoms with van der Waals surface area (Å²) in [5.74, 6) is 0. The molecule has 0 aromatic heterocycles. The van der Waals surface area contributed by atoms with E-state index >= 15 is 0 Å². The first-order chi connectivity index (χ1) is 8.67. The second kappa shape index (κ2) is 7.71. The van der Waals surface area contributed by atoms with Crippen molar-refractivity contribution in [2.45, 2.75) is 40.5 Å². The molecular formula is C18H24. The number of aryl methyl sites for hydroxylation is 4. The maximum atomic E-state index is 2.18. The van der Waals surface area contributed by atoms with Crippen molar-refractivity contribution in [2.75, 3.05) is 0 Å². The molecule has 96 valence electrons. The first-order valence-electron chi connectivity index (χ1n) is 6.77. The Kier molecular flexibility index (Phi) is 6.21. The normalized spacial score (nSPS) is 9.56. The molecule has 0 saturated carbocycles. The summed E-state index contributed by atoms with van der Waals surface area (Å²) < 4.78 is 0. The van der Waals surface area contributed by atoms with E-state index in [1.807, 2.05) is 0 Å². The maximum absolute atomic E-state index is 2.18. The lowest BCUT2D eigenvalue weighted by molar-refractivity contribution is 1.11. The molecule has 0 N–H and O–H groups in total. The van der Waals surface area contributed by atoms with Gasteiger partial charge in [0.2, 0.25) is 0 Å². The van der Waals surface area contributed by atoms with Gasteiger partial charge in [0.05, 0.1) is 0 Å². The van der Waals surface area contributed by atoms with Crippen LogP contribution in [0.2, 0.25) is 0 Å². The molecule has 2 rings (SSSR count). The minimum atomic E-state index is 1.14. The Labute approximate surface area is 112 Å². The fourth-order valence-corrected chi connectivity index (χ4v) is 1.83. The smallest absolute Gasteiger partial charge is 0.0305 e. The zero-order chi connectivity index (χ0) is 13.4. The van der Waals surface area contributed by atoms with Gasteiger partial charge < -0.3 is 0 Å². The van der Waals surface area contributed by atoms with E-state index in [9.17, 15) is 0 Å². The first-order valence-corrected chi connectivity index (χ1v) is 6.77. The molecule has 0 bridgehead atoms. The standard InChI is InChI=1S/2C9H12/c1-3-9-6-4-8(2)5-7-9;1-3-9-7-5-4-6-8(9)2/h2*4-7H,3H2,1-2H3. The monoisotopic (exact) mass is 240 g/mol. The van der Waals surface area contributed by atoms with Crippen molar-refractivity contribution in [3.8, 4) is 0 Å². The Morgan fingerprint density at radius 3 is 1.78 bits per heavy atom. The van der Waals surface area contributed by atoms with Crippen LogP contribution in [0.3, 0.4) is 0 Å². The van der Waals surface area contributed by atoms with Crippen LogP contribution in [-0.4, -0.2) is 0 Å². The first kappa shape index (κ1) is 14.5. The third kappa shape index (κ3) is 4.75. The second-order valence-corrected chi connectivity index (χ2v) is 4.62. The molecule has 0 heteroatoms. The third-order valence-corrected chi connectivity index (χ3v) is 3.17. The molecule has 0 fully saturated rings. The summed E-state index contributed by atoms with van der Waals surface area (Å²) in [5.41, 5.74) is 5.62. The van der Waals surface area contributed by atoms with Crippen molar-refractivity contribution in [1.82, 2.24) is 0 Å². The fraction of sp³-hybridized carbons (Fsp3) is 0.333. The molecular weight excluding hydrogens is 216 g/mol. The molecule has 0 heterocycles. The maximum Gasteiger partial charge on any atom is -0.0305 e. The van der Waals surface area contributed by atoms with Gasteiger partial charge >= 0.3 is 0 Å². The van der Waals surface area contributed by atoms with Crippen LogP contribution in [0.25, 0.3) is 0 Å². The lowest BCUT2D eigenvalue weighted by atomic mass is 10.1. The summed E-state index contributed by atoms with van der Waals surface area (Å²) >= 11 is 0. The van der Waals surface area contributed by atoms with Gasteiger partial charge in [-0.1, -0.05) is 67.9 Å². The van der Waals surface area contributed by atoms with E-state index in [4.69, 9.17) is 0 Å². The molecule has 0 aliphatic carbocycles. The van der Waals surface area contributed by atoms with Crippen molar-refractivity contribution < 1.29 is 0 Å². The lowest BCUT2D eigenvalue weighted by Crippen LogP contribution is -1.82. The van der Waals surface area contributed by atoms with Gasteiger partial charge in [0.15, 0.2) is 0 Å². The average molecular weight is 240 g/mol. The van der Waals surface area contributed by atoms with Crippen LogP contribution in [0, 0.1) is 13.8 Å². The molecule has 0 saturated heterocycles. The minimum absolute atomic E-state index is 1.14. The van der Waals surface area contributed by atoms with E-state index in [0.29, 0.717) is 0 Å². The van der Waals surface area contributed by atoms with Crippen LogP contribution in [0.4, 0.5) is 0 Å². The zero-order valence-corrected chi connectivity index (χ0v) is 12.0. The quantitative estimate of drug-likeness (QED) is 0.684. The van der Waals surface area contributed by atoms with Gasteiger partial charge in [-0.05, 0) is 43.4 Å². The van der Waals surface area contributed by atoms with Crippen LogP contribution in [-0.2, 0) is 12.8 Å². The topological polar surface area (TPSA) is 0 Å². The van der Waals surface area contributed by atoms with Crippen LogP contribution in [0.5, 0.6) is 0 Å². The Morgan fingerprint density at radius 1 is 0.722 bits per heavy atom. The van der Waals surface area contributed by atoms with Crippen molar-refractivity contribution in [3.63, 3.8) is 0 Å². The highest BCUT2D eigenvalue weighted by Crippen LogP contribution is 2.06. The van der Waals surface area contributed by atoms with Crippen molar-refractivity contribution in [3.05, 3.63) is 70.8 Å². The van der Waals surface area contributed by atoms with Gasteiger partial charge in [0.1, 0.15) is 0 Å². The molecule has 0 nitrogen and oxygen atoms in total. The zero-order valence-electron chi connectivity index (χ0n) is 12.0. The second-order valence-electron chi connectivity index (χ2n) is 4.62. The molecule has 2 aromatic carbocycles. The summed E-state index contributed by atoms with van der Waals surface area (Å²) in [4.78, 5) is 0. The Morgan fingerprint density at radius 2 is 1.33 bits per heavy atom. The molecule has 18 heavy (non-hydrogen) atoms. The molecule has 0 unspecified atom stereocenters. The Hall–Kier alpha value is -1.56. The van der Waals surface area contributed by atoms with Gasteiger partial charge in [-0.15, -0.1) is 0 Å². The van der Waals surface area contributed by atoms with E-state index in [1.54, 1.807) is 0 Å². The van der Waals surface area contributed by atoms with E-state index in [-0.39, 0.29) is 0 Å². The van der Waals surface area contributed by atoms with E-state index < -0.39 is 0 Å². The van der Waals surface area contributed by atoms with Crippen LogP contribution in [0.1, 0.15) is 36.1 Å². The van der Waals surface area contributed by atoms with E-state index in [1.165, 1.54) is 22.3 Å². The number of hydrogen-bond acceptors (Lipinski definition) is 0. The molecule has 0 amide bonds. The fourth-order valence-electron chi connectivity index (χ4n) is 1.83. The van der Waals surface area contributed by atoms with Crippen molar-refractivity contribution >= 4 is 0 Å². The van der Waals surface area contributed by atoms with E-state index in [2.05, 4.69) is 76.2 Å². The Balaban J connectivity index is 0.000000180. The molecule has 0 aliphatic rings. The van der Waals surface area contributed by atoms with Crippen molar-refractivity contribution in [1.29, 1.82) is 0 Å². The highest BCUT2D eigenvalue weighted by atomic mass is 14.0. The number of rotatable bonds is 2.